The van der Waals surface area contributed by atoms with Crippen LogP contribution < -0.4 is 9.41 Å². The van der Waals surface area contributed by atoms with Gasteiger partial charge in [0.15, 0.2) is 0 Å². The molecule has 0 N–H and O–H groups in total. The second-order valence-corrected chi connectivity index (χ2v) is 16.4. The van der Waals surface area contributed by atoms with Gasteiger partial charge in [0, 0.05) is 0 Å². The fourth-order valence-corrected chi connectivity index (χ4v) is 19.8. The molecule has 3 aliphatic rings. The van der Waals surface area contributed by atoms with Crippen LogP contribution in [0.2, 0.25) is 0 Å². The topological polar surface area (TPSA) is 0 Å². The van der Waals surface area contributed by atoms with Gasteiger partial charge in [0.25, 0.3) is 0 Å². The molecular formula is C26H29F2HfP. The maximum absolute atomic E-state index is 2.66. The molecular weight excluding hydrogens is 560 g/mol. The van der Waals surface area contributed by atoms with E-state index in [9.17, 15) is 0 Å². The van der Waals surface area contributed by atoms with E-state index in [2.05, 4.69) is 71.0 Å². The monoisotopic (exact) mass is 590 g/mol. The number of hydrogen-bond donors (Lipinski definition) is 0. The fraction of sp³-hybridized carbons (Fsp3) is 0.385. The summed E-state index contributed by atoms with van der Waals surface area (Å²) in [4.78, 5) is 0. The van der Waals surface area contributed by atoms with Gasteiger partial charge in [-0.2, -0.15) is 0 Å². The van der Waals surface area contributed by atoms with Gasteiger partial charge in [-0.05, 0) is 0 Å². The maximum Gasteiger partial charge on any atom is -1.00 e. The molecule has 5 rings (SSSR count). The molecule has 0 amide bonds. The molecule has 30 heavy (non-hydrogen) atoms. The van der Waals surface area contributed by atoms with Crippen molar-refractivity contribution in [1.82, 2.24) is 0 Å². The second kappa shape index (κ2) is 8.91. The molecule has 1 fully saturated rings. The average Bonchev–Trinajstić information content (AvgIpc) is 3.25. The Morgan fingerprint density at radius 2 is 1.17 bits per heavy atom. The molecule has 0 nitrogen and oxygen atoms in total. The molecule has 0 aromatic heterocycles. The predicted octanol–water partition coefficient (Wildman–Crippen LogP) is 1.80. The number of aryl methyl sites for hydroxylation is 4. The van der Waals surface area contributed by atoms with Crippen molar-refractivity contribution in [2.45, 2.75) is 54.8 Å². The van der Waals surface area contributed by atoms with E-state index < -0.39 is 22.9 Å². The zero-order valence-corrected chi connectivity index (χ0v) is 22.9. The molecule has 156 valence electrons. The van der Waals surface area contributed by atoms with E-state index in [0.717, 1.165) is 7.35 Å². The van der Waals surface area contributed by atoms with Crippen LogP contribution in [-0.4, -0.2) is 6.16 Å². The molecule has 2 aliphatic carbocycles. The van der Waals surface area contributed by atoms with Crippen molar-refractivity contribution in [2.24, 2.45) is 0 Å². The summed E-state index contributed by atoms with van der Waals surface area (Å²) in [6.45, 7) is 11.7. The van der Waals surface area contributed by atoms with Crippen molar-refractivity contribution < 1.29 is 32.3 Å². The Balaban J connectivity index is 0.00000128. The smallest absolute Gasteiger partial charge is 1.00 e. The van der Waals surface area contributed by atoms with Crippen LogP contribution in [0.5, 0.6) is 0 Å². The minimum atomic E-state index is -0.931. The molecule has 0 radical (unpaired) electrons. The number of allylic oxidation sites excluding steroid dienone is 2. The molecule has 1 aliphatic heterocycles. The van der Waals surface area contributed by atoms with E-state index in [4.69, 9.17) is 0 Å². The normalized spacial score (nSPS) is 22.1. The van der Waals surface area contributed by atoms with Crippen molar-refractivity contribution in [1.29, 1.82) is 0 Å². The summed E-state index contributed by atoms with van der Waals surface area (Å²) in [5.41, 5.74) is 12.7. The first-order valence-electron chi connectivity index (χ1n) is 10.7. The minimum absolute atomic E-state index is 0. The Labute approximate surface area is 192 Å². The summed E-state index contributed by atoms with van der Waals surface area (Å²) in [6, 6.07) is 9.44. The van der Waals surface area contributed by atoms with E-state index in [1.807, 2.05) is 10.6 Å². The zero-order valence-electron chi connectivity index (χ0n) is 18.4. The van der Waals surface area contributed by atoms with E-state index in [-0.39, 0.29) is 17.3 Å². The molecule has 2 atom stereocenters. The Kier molecular flexibility index (Phi) is 7.05. The molecule has 1 saturated heterocycles. The molecule has 0 bridgehead atoms. The SMILES string of the molecule is CCCCP1C2=Cc3c(C)ccc(C)c3[CH]2[Hf+2][CH]2C1=Cc1c(C)ccc(C)c12.[F-].[F-]. The van der Waals surface area contributed by atoms with Crippen LogP contribution in [0.1, 0.15) is 71.6 Å². The van der Waals surface area contributed by atoms with Crippen molar-refractivity contribution in [3.05, 3.63) is 79.4 Å². The second-order valence-electron chi connectivity index (χ2n) is 8.73. The Morgan fingerprint density at radius 1 is 0.733 bits per heavy atom. The van der Waals surface area contributed by atoms with Crippen LogP contribution in [0.3, 0.4) is 0 Å². The zero-order chi connectivity index (χ0) is 19.6. The summed E-state index contributed by atoms with van der Waals surface area (Å²) in [6.07, 6.45) is 9.41. The van der Waals surface area contributed by atoms with Gasteiger partial charge in [-0.25, -0.2) is 0 Å². The van der Waals surface area contributed by atoms with Gasteiger partial charge in [-0.3, -0.25) is 0 Å². The largest absolute Gasteiger partial charge is 1.00 e. The van der Waals surface area contributed by atoms with Crippen LogP contribution in [0.25, 0.3) is 12.2 Å². The van der Waals surface area contributed by atoms with Gasteiger partial charge in [-0.1, -0.05) is 0 Å². The summed E-state index contributed by atoms with van der Waals surface area (Å²) >= 11 is -0.931. The number of benzene rings is 2. The van der Waals surface area contributed by atoms with Crippen LogP contribution >= 0.6 is 7.92 Å². The Bertz CT molecular complexity index is 974. The quantitative estimate of drug-likeness (QED) is 0.379. The molecule has 4 heteroatoms. The molecule has 2 aromatic carbocycles. The molecule has 0 saturated carbocycles. The minimum Gasteiger partial charge on any atom is -1.00 e. The maximum atomic E-state index is 2.66. The van der Waals surface area contributed by atoms with Crippen molar-refractivity contribution in [3.8, 4) is 0 Å². The third kappa shape index (κ3) is 3.45. The van der Waals surface area contributed by atoms with E-state index in [1.54, 1.807) is 33.4 Å². The van der Waals surface area contributed by atoms with Gasteiger partial charge < -0.3 is 9.41 Å². The van der Waals surface area contributed by atoms with Crippen molar-refractivity contribution in [3.63, 3.8) is 0 Å². The van der Waals surface area contributed by atoms with Crippen molar-refractivity contribution >= 4 is 20.1 Å². The number of fused-ring (bicyclic) bond motifs is 6. The van der Waals surface area contributed by atoms with Gasteiger partial charge in [0.05, 0.1) is 0 Å². The third-order valence-corrected chi connectivity index (χ3v) is 18.1. The molecule has 2 unspecified atom stereocenters. The van der Waals surface area contributed by atoms with Gasteiger partial charge >= 0.3 is 183 Å². The standard InChI is InChI=1S/C26H29P.2FH.Hf/c1-6-7-12-27(21-13-23-17(2)8-9-18(3)24(23)14-21)22-15-25-19(4)10-11-20(5)26(25)16-22;;;/h8-11,13-16H,6-7,12H2,1-5H3;2*1H;/q;;;+2/p-2. The van der Waals surface area contributed by atoms with Crippen LogP contribution in [-0.2, 0) is 22.9 Å². The van der Waals surface area contributed by atoms with E-state index in [1.165, 1.54) is 30.1 Å². The number of halogens is 2. The first-order chi connectivity index (χ1) is 13.5. The number of hydrogen-bond acceptors (Lipinski definition) is 0. The number of rotatable bonds is 3. The molecule has 1 heterocycles. The fourth-order valence-electron chi connectivity index (χ4n) is 5.31. The molecule has 0 spiro atoms. The Hall–Kier alpha value is -0.920. The summed E-state index contributed by atoms with van der Waals surface area (Å²) in [5.74, 6) is 0. The third-order valence-electron chi connectivity index (χ3n) is 6.89. The van der Waals surface area contributed by atoms with E-state index >= 15 is 0 Å². The van der Waals surface area contributed by atoms with Crippen LogP contribution in [0.4, 0.5) is 0 Å². The van der Waals surface area contributed by atoms with Gasteiger partial charge in [0.1, 0.15) is 0 Å². The number of unbranched alkanes of at least 4 members (excludes halogenated alkanes) is 1. The van der Waals surface area contributed by atoms with E-state index in [0.29, 0.717) is 0 Å². The average molecular weight is 589 g/mol. The summed E-state index contributed by atoms with van der Waals surface area (Å²) in [7, 11) is -0.130. The van der Waals surface area contributed by atoms with Crippen LogP contribution in [0, 0.1) is 27.7 Å². The van der Waals surface area contributed by atoms with Crippen LogP contribution in [0.15, 0.2) is 34.9 Å². The van der Waals surface area contributed by atoms with Crippen molar-refractivity contribution in [2.75, 3.05) is 6.16 Å². The summed E-state index contributed by atoms with van der Waals surface area (Å²) in [5, 5.41) is 3.73. The predicted molar refractivity (Wildman–Crippen MR) is 120 cm³/mol. The Morgan fingerprint density at radius 3 is 1.60 bits per heavy atom. The van der Waals surface area contributed by atoms with Gasteiger partial charge in [-0.15, -0.1) is 0 Å². The summed E-state index contributed by atoms with van der Waals surface area (Å²) < 4.78 is 1.68. The first kappa shape index (κ1) is 23.7. The molecule has 2 aromatic rings. The first-order valence-corrected chi connectivity index (χ1v) is 16.4. The van der Waals surface area contributed by atoms with Gasteiger partial charge in [0.2, 0.25) is 0 Å².